The zero-order valence-electron chi connectivity index (χ0n) is 9.96. The van der Waals surface area contributed by atoms with Crippen molar-refractivity contribution in [2.45, 2.75) is 6.92 Å². The SMILES string of the molecule is CC(CN)CNC(=O)c1cccc([N+](=O)[O-])c1.Cl. The largest absolute Gasteiger partial charge is 0.352 e. The van der Waals surface area contributed by atoms with Crippen LogP contribution in [0.1, 0.15) is 17.3 Å². The predicted octanol–water partition coefficient (Wildman–Crippen LogP) is 1.34. The highest BCUT2D eigenvalue weighted by molar-refractivity contribution is 5.94. The topological polar surface area (TPSA) is 98.3 Å². The molecule has 0 aliphatic rings. The molecule has 0 bridgehead atoms. The van der Waals surface area contributed by atoms with Gasteiger partial charge in [-0.3, -0.25) is 14.9 Å². The molecule has 1 unspecified atom stereocenters. The van der Waals surface area contributed by atoms with Gasteiger partial charge in [0.2, 0.25) is 0 Å². The maximum atomic E-state index is 11.7. The minimum absolute atomic E-state index is 0. The average Bonchev–Trinajstić information content (AvgIpc) is 2.35. The molecule has 0 heterocycles. The molecular formula is C11H16ClN3O3. The lowest BCUT2D eigenvalue weighted by atomic mass is 10.1. The second kappa shape index (κ2) is 7.62. The number of carbonyl (C=O) groups is 1. The van der Waals surface area contributed by atoms with Crippen LogP contribution in [0, 0.1) is 16.0 Å². The molecule has 6 nitrogen and oxygen atoms in total. The van der Waals surface area contributed by atoms with Crippen molar-refractivity contribution in [2.24, 2.45) is 11.7 Å². The molecule has 1 aromatic carbocycles. The van der Waals surface area contributed by atoms with Gasteiger partial charge in [0, 0.05) is 24.2 Å². The number of amides is 1. The van der Waals surface area contributed by atoms with Gasteiger partial charge in [-0.05, 0) is 18.5 Å². The summed E-state index contributed by atoms with van der Waals surface area (Å²) >= 11 is 0. The molecule has 100 valence electrons. The molecule has 3 N–H and O–H groups in total. The van der Waals surface area contributed by atoms with Gasteiger partial charge in [0.25, 0.3) is 11.6 Å². The Morgan fingerprint density at radius 1 is 1.56 bits per heavy atom. The van der Waals surface area contributed by atoms with Crippen LogP contribution in [0.15, 0.2) is 24.3 Å². The van der Waals surface area contributed by atoms with Crippen LogP contribution in [-0.2, 0) is 0 Å². The standard InChI is InChI=1S/C11H15N3O3.ClH/c1-8(6-12)7-13-11(15)9-3-2-4-10(5-9)14(16)17;/h2-5,8H,6-7,12H2,1H3,(H,13,15);1H. The first kappa shape index (κ1) is 16.3. The van der Waals surface area contributed by atoms with E-state index < -0.39 is 4.92 Å². The lowest BCUT2D eigenvalue weighted by molar-refractivity contribution is -0.384. The number of hydrogen-bond acceptors (Lipinski definition) is 4. The monoisotopic (exact) mass is 273 g/mol. The van der Waals surface area contributed by atoms with E-state index in [9.17, 15) is 14.9 Å². The summed E-state index contributed by atoms with van der Waals surface area (Å²) in [7, 11) is 0. The van der Waals surface area contributed by atoms with Crippen LogP contribution in [0.2, 0.25) is 0 Å². The first-order valence-electron chi connectivity index (χ1n) is 5.27. The summed E-state index contributed by atoms with van der Waals surface area (Å²) in [6.45, 7) is 2.85. The highest BCUT2D eigenvalue weighted by Crippen LogP contribution is 2.12. The molecule has 1 amide bonds. The van der Waals surface area contributed by atoms with Crippen molar-refractivity contribution in [1.82, 2.24) is 5.32 Å². The lowest BCUT2D eigenvalue weighted by Gasteiger charge is -2.09. The molecule has 0 spiro atoms. The summed E-state index contributed by atoms with van der Waals surface area (Å²) in [6.07, 6.45) is 0. The summed E-state index contributed by atoms with van der Waals surface area (Å²) in [5.74, 6) is -0.147. The van der Waals surface area contributed by atoms with Crippen molar-refractivity contribution in [3.05, 3.63) is 39.9 Å². The lowest BCUT2D eigenvalue weighted by Crippen LogP contribution is -2.31. The molecule has 1 atom stereocenters. The Hall–Kier alpha value is -1.66. The number of benzene rings is 1. The Morgan fingerprint density at radius 2 is 2.22 bits per heavy atom. The summed E-state index contributed by atoms with van der Waals surface area (Å²) in [5.41, 5.74) is 5.61. The van der Waals surface area contributed by atoms with Crippen LogP contribution in [0.5, 0.6) is 0 Å². The van der Waals surface area contributed by atoms with Gasteiger partial charge in [-0.15, -0.1) is 12.4 Å². The van der Waals surface area contributed by atoms with Gasteiger partial charge in [-0.1, -0.05) is 13.0 Å². The Labute approximate surface area is 111 Å². The Morgan fingerprint density at radius 3 is 2.78 bits per heavy atom. The third-order valence-electron chi connectivity index (χ3n) is 2.33. The fraction of sp³-hybridized carbons (Fsp3) is 0.364. The van der Waals surface area contributed by atoms with Crippen LogP contribution in [-0.4, -0.2) is 23.9 Å². The van der Waals surface area contributed by atoms with Crippen molar-refractivity contribution in [3.8, 4) is 0 Å². The van der Waals surface area contributed by atoms with E-state index in [4.69, 9.17) is 5.73 Å². The summed E-state index contributed by atoms with van der Waals surface area (Å²) < 4.78 is 0. The van der Waals surface area contributed by atoms with Crippen molar-refractivity contribution in [1.29, 1.82) is 0 Å². The zero-order valence-corrected chi connectivity index (χ0v) is 10.8. The predicted molar refractivity (Wildman–Crippen MR) is 70.9 cm³/mol. The molecule has 1 aromatic rings. The number of halogens is 1. The highest BCUT2D eigenvalue weighted by Gasteiger charge is 2.11. The molecule has 7 heteroatoms. The fourth-order valence-corrected chi connectivity index (χ4v) is 1.21. The van der Waals surface area contributed by atoms with Crippen LogP contribution in [0.25, 0.3) is 0 Å². The van der Waals surface area contributed by atoms with Gasteiger partial charge < -0.3 is 11.1 Å². The second-order valence-electron chi connectivity index (χ2n) is 3.86. The van der Waals surface area contributed by atoms with Gasteiger partial charge in [-0.25, -0.2) is 0 Å². The minimum Gasteiger partial charge on any atom is -0.352 e. The smallest absolute Gasteiger partial charge is 0.270 e. The molecular weight excluding hydrogens is 258 g/mol. The van der Waals surface area contributed by atoms with E-state index in [0.717, 1.165) is 0 Å². The van der Waals surface area contributed by atoms with E-state index in [-0.39, 0.29) is 35.5 Å². The van der Waals surface area contributed by atoms with Crippen LogP contribution < -0.4 is 11.1 Å². The normalized spacial score (nSPS) is 11.2. The molecule has 0 aliphatic heterocycles. The van der Waals surface area contributed by atoms with Crippen molar-refractivity contribution >= 4 is 24.0 Å². The number of nitrogens with one attached hydrogen (secondary N) is 1. The summed E-state index contributed by atoms with van der Waals surface area (Å²) in [6, 6.07) is 5.62. The maximum Gasteiger partial charge on any atom is 0.270 e. The van der Waals surface area contributed by atoms with Gasteiger partial charge in [0.05, 0.1) is 4.92 Å². The molecule has 0 radical (unpaired) electrons. The van der Waals surface area contributed by atoms with E-state index in [1.54, 1.807) is 0 Å². The van der Waals surface area contributed by atoms with Gasteiger partial charge in [-0.2, -0.15) is 0 Å². The van der Waals surface area contributed by atoms with E-state index in [1.807, 2.05) is 6.92 Å². The number of carbonyl (C=O) groups excluding carboxylic acids is 1. The Balaban J connectivity index is 0.00000289. The fourth-order valence-electron chi connectivity index (χ4n) is 1.21. The number of non-ortho nitro benzene ring substituents is 1. The molecule has 0 saturated carbocycles. The number of nitro groups is 1. The van der Waals surface area contributed by atoms with Crippen molar-refractivity contribution in [2.75, 3.05) is 13.1 Å². The van der Waals surface area contributed by atoms with Crippen molar-refractivity contribution in [3.63, 3.8) is 0 Å². The highest BCUT2D eigenvalue weighted by atomic mass is 35.5. The number of nitrogens with two attached hydrogens (primary N) is 1. The zero-order chi connectivity index (χ0) is 12.8. The first-order chi connectivity index (χ1) is 8.04. The van der Waals surface area contributed by atoms with E-state index >= 15 is 0 Å². The Bertz CT molecular complexity index is 426. The molecule has 0 saturated heterocycles. The molecule has 0 fully saturated rings. The minimum atomic E-state index is -0.528. The van der Waals surface area contributed by atoms with Crippen LogP contribution >= 0.6 is 12.4 Å². The third kappa shape index (κ3) is 4.68. The van der Waals surface area contributed by atoms with E-state index in [2.05, 4.69) is 5.32 Å². The first-order valence-corrected chi connectivity index (χ1v) is 5.27. The summed E-state index contributed by atoms with van der Waals surface area (Å²) in [5, 5.41) is 13.2. The summed E-state index contributed by atoms with van der Waals surface area (Å²) in [4.78, 5) is 21.7. The number of nitrogens with zero attached hydrogens (tertiary/aromatic N) is 1. The van der Waals surface area contributed by atoms with Crippen molar-refractivity contribution < 1.29 is 9.72 Å². The Kier molecular flexibility index (Phi) is 6.92. The number of rotatable bonds is 5. The number of hydrogen-bond donors (Lipinski definition) is 2. The maximum absolute atomic E-state index is 11.7. The molecule has 0 aromatic heterocycles. The van der Waals surface area contributed by atoms with Gasteiger partial charge >= 0.3 is 0 Å². The molecule has 18 heavy (non-hydrogen) atoms. The van der Waals surface area contributed by atoms with Crippen LogP contribution in [0.4, 0.5) is 5.69 Å². The van der Waals surface area contributed by atoms with E-state index in [1.165, 1.54) is 24.3 Å². The molecule has 1 rings (SSSR count). The third-order valence-corrected chi connectivity index (χ3v) is 2.33. The molecule has 0 aliphatic carbocycles. The van der Waals surface area contributed by atoms with Gasteiger partial charge in [0.15, 0.2) is 0 Å². The number of nitro benzene ring substituents is 1. The van der Waals surface area contributed by atoms with Gasteiger partial charge in [0.1, 0.15) is 0 Å². The van der Waals surface area contributed by atoms with E-state index in [0.29, 0.717) is 13.1 Å². The van der Waals surface area contributed by atoms with Crippen LogP contribution in [0.3, 0.4) is 0 Å². The quantitative estimate of drug-likeness (QED) is 0.625. The average molecular weight is 274 g/mol. The second-order valence-corrected chi connectivity index (χ2v) is 3.86.